The van der Waals surface area contributed by atoms with Gasteiger partial charge in [0.1, 0.15) is 5.75 Å². The molecule has 0 aliphatic heterocycles. The molecule has 0 amide bonds. The average Bonchev–Trinajstić information content (AvgIpc) is 1.98. The summed E-state index contributed by atoms with van der Waals surface area (Å²) in [5.41, 5.74) is 2.24. The summed E-state index contributed by atoms with van der Waals surface area (Å²) >= 11 is 3.51. The first-order valence-electron chi connectivity index (χ1n) is 4.32. The zero-order valence-corrected chi connectivity index (χ0v) is 10.1. The summed E-state index contributed by atoms with van der Waals surface area (Å²) in [5, 5.41) is 9.46. The summed E-state index contributed by atoms with van der Waals surface area (Å²) in [7, 11) is 0. The van der Waals surface area contributed by atoms with E-state index >= 15 is 0 Å². The quantitative estimate of drug-likeness (QED) is 0.735. The van der Waals surface area contributed by atoms with Crippen molar-refractivity contribution in [3.05, 3.63) is 27.7 Å². The fraction of sp³-hybridized carbons (Fsp3) is 0.455. The molecule has 1 aromatic carbocycles. The van der Waals surface area contributed by atoms with Crippen molar-refractivity contribution < 1.29 is 5.11 Å². The Bertz CT molecular complexity index is 324. The van der Waals surface area contributed by atoms with Crippen molar-refractivity contribution in [1.29, 1.82) is 0 Å². The van der Waals surface area contributed by atoms with Gasteiger partial charge in [0.15, 0.2) is 0 Å². The SMILES string of the molecule is Cc1c(O)ccc(C(C)(C)C)c1Br. The van der Waals surface area contributed by atoms with Crippen molar-refractivity contribution in [2.24, 2.45) is 0 Å². The molecule has 0 aromatic heterocycles. The zero-order chi connectivity index (χ0) is 10.2. The Morgan fingerprint density at radius 3 is 2.23 bits per heavy atom. The molecule has 1 N–H and O–H groups in total. The third-order valence-corrected chi connectivity index (χ3v) is 3.19. The van der Waals surface area contributed by atoms with Gasteiger partial charge in [-0.25, -0.2) is 0 Å². The number of benzene rings is 1. The summed E-state index contributed by atoms with van der Waals surface area (Å²) in [6.07, 6.45) is 0. The molecular formula is C11H15BrO. The van der Waals surface area contributed by atoms with E-state index in [-0.39, 0.29) is 5.41 Å². The Hall–Kier alpha value is -0.500. The van der Waals surface area contributed by atoms with Crippen LogP contribution in [0.4, 0.5) is 0 Å². The fourth-order valence-corrected chi connectivity index (χ4v) is 2.18. The van der Waals surface area contributed by atoms with Gasteiger partial charge in [0.05, 0.1) is 0 Å². The van der Waals surface area contributed by atoms with Crippen LogP contribution in [0.2, 0.25) is 0 Å². The minimum Gasteiger partial charge on any atom is -0.508 e. The fourth-order valence-electron chi connectivity index (χ4n) is 1.25. The van der Waals surface area contributed by atoms with Crippen LogP contribution in [0.1, 0.15) is 31.9 Å². The molecule has 0 bridgehead atoms. The van der Waals surface area contributed by atoms with E-state index in [1.165, 1.54) is 5.56 Å². The first-order chi connectivity index (χ1) is 5.84. The summed E-state index contributed by atoms with van der Waals surface area (Å²) in [4.78, 5) is 0. The first-order valence-corrected chi connectivity index (χ1v) is 5.12. The third-order valence-electron chi connectivity index (χ3n) is 2.17. The number of phenolic OH excluding ortho intramolecular Hbond substituents is 1. The Kier molecular flexibility index (Phi) is 2.71. The highest BCUT2D eigenvalue weighted by molar-refractivity contribution is 9.10. The summed E-state index contributed by atoms with van der Waals surface area (Å²) in [6.45, 7) is 8.38. The smallest absolute Gasteiger partial charge is 0.119 e. The van der Waals surface area contributed by atoms with E-state index in [2.05, 4.69) is 36.7 Å². The standard InChI is InChI=1S/C11H15BrO/c1-7-9(13)6-5-8(10(7)12)11(2,3)4/h5-6,13H,1-4H3. The van der Waals surface area contributed by atoms with Gasteiger partial charge in [0.25, 0.3) is 0 Å². The number of halogens is 1. The summed E-state index contributed by atoms with van der Waals surface area (Å²) in [5.74, 6) is 0.347. The number of phenols is 1. The van der Waals surface area contributed by atoms with Gasteiger partial charge in [0, 0.05) is 10.0 Å². The van der Waals surface area contributed by atoms with E-state index < -0.39 is 0 Å². The largest absolute Gasteiger partial charge is 0.508 e. The second-order valence-corrected chi connectivity index (χ2v) is 5.11. The van der Waals surface area contributed by atoms with Gasteiger partial charge in [0.2, 0.25) is 0 Å². The van der Waals surface area contributed by atoms with E-state index in [1.807, 2.05) is 13.0 Å². The molecular weight excluding hydrogens is 228 g/mol. The lowest BCUT2D eigenvalue weighted by Crippen LogP contribution is -2.12. The normalized spacial score (nSPS) is 11.8. The number of aromatic hydroxyl groups is 1. The highest BCUT2D eigenvalue weighted by Crippen LogP contribution is 2.35. The lowest BCUT2D eigenvalue weighted by Gasteiger charge is -2.22. The minimum absolute atomic E-state index is 0.108. The van der Waals surface area contributed by atoms with Crippen LogP contribution in [0.5, 0.6) is 5.75 Å². The molecule has 0 aliphatic carbocycles. The van der Waals surface area contributed by atoms with Crippen molar-refractivity contribution in [3.8, 4) is 5.75 Å². The Balaban J connectivity index is 3.35. The van der Waals surface area contributed by atoms with Gasteiger partial charge in [-0.05, 0) is 24.0 Å². The molecule has 0 unspecified atom stereocenters. The minimum atomic E-state index is 0.108. The van der Waals surface area contributed by atoms with Crippen LogP contribution >= 0.6 is 15.9 Å². The monoisotopic (exact) mass is 242 g/mol. The number of hydrogen-bond acceptors (Lipinski definition) is 1. The van der Waals surface area contributed by atoms with Crippen molar-refractivity contribution >= 4 is 15.9 Å². The second-order valence-electron chi connectivity index (χ2n) is 4.32. The van der Waals surface area contributed by atoms with Crippen LogP contribution in [0.25, 0.3) is 0 Å². The third kappa shape index (κ3) is 2.05. The predicted molar refractivity (Wildman–Crippen MR) is 59.2 cm³/mol. The molecule has 0 spiro atoms. The topological polar surface area (TPSA) is 20.2 Å². The lowest BCUT2D eigenvalue weighted by atomic mass is 9.86. The van der Waals surface area contributed by atoms with E-state index in [1.54, 1.807) is 6.07 Å². The van der Waals surface area contributed by atoms with Gasteiger partial charge >= 0.3 is 0 Å². The van der Waals surface area contributed by atoms with E-state index in [9.17, 15) is 5.11 Å². The van der Waals surface area contributed by atoms with E-state index in [0.717, 1.165) is 10.0 Å². The molecule has 2 heteroatoms. The maximum atomic E-state index is 9.46. The molecule has 0 radical (unpaired) electrons. The molecule has 0 saturated heterocycles. The molecule has 1 nitrogen and oxygen atoms in total. The summed E-state index contributed by atoms with van der Waals surface area (Å²) < 4.78 is 1.01. The Labute approximate surface area is 87.9 Å². The molecule has 1 rings (SSSR count). The molecule has 0 heterocycles. The molecule has 1 aromatic rings. The second kappa shape index (κ2) is 3.33. The molecule has 0 saturated carbocycles. The maximum Gasteiger partial charge on any atom is 0.119 e. The Morgan fingerprint density at radius 2 is 1.77 bits per heavy atom. The van der Waals surface area contributed by atoms with Crippen LogP contribution in [-0.4, -0.2) is 5.11 Å². The average molecular weight is 243 g/mol. The van der Waals surface area contributed by atoms with Crippen LogP contribution < -0.4 is 0 Å². The van der Waals surface area contributed by atoms with Crippen LogP contribution in [-0.2, 0) is 5.41 Å². The molecule has 0 aliphatic rings. The van der Waals surface area contributed by atoms with Crippen molar-refractivity contribution in [2.45, 2.75) is 33.1 Å². The highest BCUT2D eigenvalue weighted by Gasteiger charge is 2.18. The van der Waals surface area contributed by atoms with Crippen LogP contribution in [0.15, 0.2) is 16.6 Å². The van der Waals surface area contributed by atoms with Gasteiger partial charge < -0.3 is 5.11 Å². The van der Waals surface area contributed by atoms with E-state index in [4.69, 9.17) is 0 Å². The lowest BCUT2D eigenvalue weighted by molar-refractivity contribution is 0.469. The number of rotatable bonds is 0. The molecule has 13 heavy (non-hydrogen) atoms. The zero-order valence-electron chi connectivity index (χ0n) is 8.48. The van der Waals surface area contributed by atoms with Gasteiger partial charge in [-0.2, -0.15) is 0 Å². The van der Waals surface area contributed by atoms with Crippen LogP contribution in [0.3, 0.4) is 0 Å². The maximum absolute atomic E-state index is 9.46. The van der Waals surface area contributed by atoms with Gasteiger partial charge in [-0.3, -0.25) is 0 Å². The molecule has 0 fully saturated rings. The first kappa shape index (κ1) is 10.6. The number of hydrogen-bond donors (Lipinski definition) is 1. The van der Waals surface area contributed by atoms with Gasteiger partial charge in [-0.1, -0.05) is 42.8 Å². The van der Waals surface area contributed by atoms with E-state index in [0.29, 0.717) is 5.75 Å². The van der Waals surface area contributed by atoms with Crippen LogP contribution in [0, 0.1) is 6.92 Å². The van der Waals surface area contributed by atoms with Crippen molar-refractivity contribution in [2.75, 3.05) is 0 Å². The predicted octanol–water partition coefficient (Wildman–Crippen LogP) is 3.76. The van der Waals surface area contributed by atoms with Crippen molar-refractivity contribution in [3.63, 3.8) is 0 Å². The molecule has 72 valence electrons. The molecule has 0 atom stereocenters. The Morgan fingerprint density at radius 1 is 1.23 bits per heavy atom. The van der Waals surface area contributed by atoms with Crippen molar-refractivity contribution in [1.82, 2.24) is 0 Å². The highest BCUT2D eigenvalue weighted by atomic mass is 79.9. The van der Waals surface area contributed by atoms with Gasteiger partial charge in [-0.15, -0.1) is 0 Å². The summed E-state index contributed by atoms with van der Waals surface area (Å²) in [6, 6.07) is 3.72.